The monoisotopic (exact) mass is 359 g/mol. The first-order valence-corrected chi connectivity index (χ1v) is 8.50. The molecule has 0 bridgehead atoms. The largest absolute Gasteiger partial charge is 0.345 e. The smallest absolute Gasteiger partial charge is 0.257 e. The van der Waals surface area contributed by atoms with Gasteiger partial charge in [0.05, 0.1) is 13.1 Å². The molecular formula is C20H17N5O2. The van der Waals surface area contributed by atoms with Crippen molar-refractivity contribution in [2.45, 2.75) is 13.1 Å². The Morgan fingerprint density at radius 1 is 1.07 bits per heavy atom. The van der Waals surface area contributed by atoms with E-state index in [1.807, 2.05) is 60.8 Å². The van der Waals surface area contributed by atoms with E-state index in [0.29, 0.717) is 23.8 Å². The average Bonchev–Trinajstić information content (AvgIpc) is 3.39. The molecule has 1 N–H and O–H groups in total. The Morgan fingerprint density at radius 2 is 1.96 bits per heavy atom. The Balaban J connectivity index is 1.39. The molecule has 27 heavy (non-hydrogen) atoms. The second kappa shape index (κ2) is 7.65. The first kappa shape index (κ1) is 16.7. The fraction of sp³-hybridized carbons (Fsp3) is 0.100. The van der Waals surface area contributed by atoms with E-state index in [9.17, 15) is 4.79 Å². The van der Waals surface area contributed by atoms with Gasteiger partial charge in [0.2, 0.25) is 0 Å². The Hall–Kier alpha value is -3.74. The summed E-state index contributed by atoms with van der Waals surface area (Å²) in [6, 6.07) is 18.8. The van der Waals surface area contributed by atoms with Crippen LogP contribution in [0.15, 0.2) is 77.6 Å². The number of hydrogen-bond donors (Lipinski definition) is 1. The van der Waals surface area contributed by atoms with Gasteiger partial charge in [0.1, 0.15) is 0 Å². The maximum atomic E-state index is 12.4. The number of nitrogens with zero attached hydrogens (tertiary/aromatic N) is 4. The number of hydrogen-bond acceptors (Lipinski definition) is 5. The number of nitrogens with one attached hydrogen (secondary N) is 1. The molecule has 0 fully saturated rings. The summed E-state index contributed by atoms with van der Waals surface area (Å²) in [4.78, 5) is 16.7. The molecule has 0 unspecified atom stereocenters. The van der Waals surface area contributed by atoms with Gasteiger partial charge < -0.3 is 9.84 Å². The fourth-order valence-corrected chi connectivity index (χ4v) is 2.68. The van der Waals surface area contributed by atoms with Crippen molar-refractivity contribution in [2.24, 2.45) is 0 Å². The lowest BCUT2D eigenvalue weighted by Crippen LogP contribution is -2.23. The van der Waals surface area contributed by atoms with Crippen molar-refractivity contribution in [1.82, 2.24) is 25.2 Å². The summed E-state index contributed by atoms with van der Waals surface area (Å²) in [5.41, 5.74) is 2.41. The van der Waals surface area contributed by atoms with Crippen LogP contribution in [0.25, 0.3) is 11.5 Å². The topological polar surface area (TPSA) is 85.8 Å². The number of benzene rings is 2. The Labute approximate surface area is 155 Å². The van der Waals surface area contributed by atoms with E-state index in [2.05, 4.69) is 20.6 Å². The van der Waals surface area contributed by atoms with Gasteiger partial charge in [-0.15, -0.1) is 0 Å². The molecule has 0 aliphatic rings. The number of rotatable bonds is 6. The van der Waals surface area contributed by atoms with Crippen molar-refractivity contribution in [3.63, 3.8) is 0 Å². The van der Waals surface area contributed by atoms with Crippen molar-refractivity contribution in [3.05, 3.63) is 90.0 Å². The predicted octanol–water partition coefficient (Wildman–Crippen LogP) is 2.91. The third kappa shape index (κ3) is 4.09. The van der Waals surface area contributed by atoms with Gasteiger partial charge in [0, 0.05) is 23.5 Å². The van der Waals surface area contributed by atoms with Crippen LogP contribution in [-0.2, 0) is 13.1 Å². The zero-order valence-corrected chi connectivity index (χ0v) is 14.4. The molecule has 0 atom stereocenters. The molecule has 134 valence electrons. The summed E-state index contributed by atoms with van der Waals surface area (Å²) < 4.78 is 7.05. The molecule has 7 nitrogen and oxygen atoms in total. The van der Waals surface area contributed by atoms with E-state index in [-0.39, 0.29) is 12.5 Å². The van der Waals surface area contributed by atoms with Crippen molar-refractivity contribution >= 4 is 5.91 Å². The summed E-state index contributed by atoms with van der Waals surface area (Å²) >= 11 is 0. The Bertz CT molecular complexity index is 1030. The summed E-state index contributed by atoms with van der Waals surface area (Å²) in [5, 5.41) is 10.9. The molecule has 7 heteroatoms. The molecule has 0 saturated carbocycles. The van der Waals surface area contributed by atoms with Crippen LogP contribution in [0.1, 0.15) is 21.7 Å². The van der Waals surface area contributed by atoms with E-state index in [0.717, 1.165) is 11.1 Å². The number of carbonyl (C=O) groups excluding carboxylic acids is 1. The van der Waals surface area contributed by atoms with Crippen molar-refractivity contribution in [3.8, 4) is 11.5 Å². The molecule has 1 amide bonds. The van der Waals surface area contributed by atoms with Crippen LogP contribution in [0.4, 0.5) is 0 Å². The highest BCUT2D eigenvalue weighted by molar-refractivity contribution is 5.94. The molecule has 2 heterocycles. The first-order chi connectivity index (χ1) is 13.3. The SMILES string of the molecule is O=C(NCc1noc(-c2ccccc2)n1)c1cccc(Cn2cccn2)c1. The van der Waals surface area contributed by atoms with Crippen molar-refractivity contribution in [1.29, 1.82) is 0 Å². The number of carbonyl (C=O) groups is 1. The molecule has 4 rings (SSSR count). The van der Waals surface area contributed by atoms with E-state index < -0.39 is 0 Å². The third-order valence-corrected chi connectivity index (χ3v) is 3.99. The standard InChI is InChI=1S/C20H17N5O2/c26-19(17-9-4-6-15(12-17)14-25-11-5-10-22-25)21-13-18-23-20(27-24-18)16-7-2-1-3-8-16/h1-12H,13-14H2,(H,21,26). The molecule has 2 aromatic carbocycles. The van der Waals surface area contributed by atoms with E-state index in [1.165, 1.54) is 0 Å². The Morgan fingerprint density at radius 3 is 2.78 bits per heavy atom. The highest BCUT2D eigenvalue weighted by Crippen LogP contribution is 2.16. The lowest BCUT2D eigenvalue weighted by atomic mass is 10.1. The molecule has 0 aliphatic carbocycles. The van der Waals surface area contributed by atoms with Crippen LogP contribution in [0, 0.1) is 0 Å². The zero-order valence-electron chi connectivity index (χ0n) is 14.4. The van der Waals surface area contributed by atoms with E-state index >= 15 is 0 Å². The van der Waals surface area contributed by atoms with Crippen LogP contribution in [0.5, 0.6) is 0 Å². The van der Waals surface area contributed by atoms with Crippen LogP contribution in [-0.4, -0.2) is 25.8 Å². The van der Waals surface area contributed by atoms with Gasteiger partial charge in [-0.25, -0.2) is 0 Å². The summed E-state index contributed by atoms with van der Waals surface area (Å²) in [7, 11) is 0. The van der Waals surface area contributed by atoms with E-state index in [4.69, 9.17) is 4.52 Å². The molecule has 0 spiro atoms. The maximum absolute atomic E-state index is 12.4. The Kier molecular flexibility index (Phi) is 4.74. The lowest BCUT2D eigenvalue weighted by Gasteiger charge is -2.06. The fourth-order valence-electron chi connectivity index (χ4n) is 2.68. The quantitative estimate of drug-likeness (QED) is 0.572. The summed E-state index contributed by atoms with van der Waals surface area (Å²) in [6.45, 7) is 0.804. The molecular weight excluding hydrogens is 342 g/mol. The van der Waals surface area contributed by atoms with Crippen molar-refractivity contribution in [2.75, 3.05) is 0 Å². The second-order valence-electron chi connectivity index (χ2n) is 5.97. The van der Waals surface area contributed by atoms with Crippen LogP contribution in [0.2, 0.25) is 0 Å². The minimum absolute atomic E-state index is 0.191. The van der Waals surface area contributed by atoms with E-state index in [1.54, 1.807) is 16.9 Å². The van der Waals surface area contributed by atoms with Crippen LogP contribution >= 0.6 is 0 Å². The maximum Gasteiger partial charge on any atom is 0.257 e. The number of amides is 1. The van der Waals surface area contributed by atoms with Gasteiger partial charge in [-0.05, 0) is 35.9 Å². The average molecular weight is 359 g/mol. The molecule has 0 radical (unpaired) electrons. The summed E-state index contributed by atoms with van der Waals surface area (Å²) in [5.74, 6) is 0.666. The van der Waals surface area contributed by atoms with Gasteiger partial charge >= 0.3 is 0 Å². The number of aromatic nitrogens is 4. The lowest BCUT2D eigenvalue weighted by molar-refractivity contribution is 0.0949. The highest BCUT2D eigenvalue weighted by atomic mass is 16.5. The second-order valence-corrected chi connectivity index (χ2v) is 5.97. The first-order valence-electron chi connectivity index (χ1n) is 8.50. The summed E-state index contributed by atoms with van der Waals surface area (Å²) in [6.07, 6.45) is 3.61. The minimum atomic E-state index is -0.191. The van der Waals surface area contributed by atoms with Gasteiger partial charge in [-0.1, -0.05) is 35.5 Å². The van der Waals surface area contributed by atoms with Gasteiger partial charge in [0.15, 0.2) is 5.82 Å². The normalized spacial score (nSPS) is 10.7. The molecule has 2 aromatic heterocycles. The highest BCUT2D eigenvalue weighted by Gasteiger charge is 2.11. The molecule has 0 aliphatic heterocycles. The van der Waals surface area contributed by atoms with Gasteiger partial charge in [-0.3, -0.25) is 9.48 Å². The van der Waals surface area contributed by atoms with Gasteiger partial charge in [0.25, 0.3) is 11.8 Å². The zero-order chi connectivity index (χ0) is 18.5. The predicted molar refractivity (Wildman–Crippen MR) is 98.7 cm³/mol. The minimum Gasteiger partial charge on any atom is -0.345 e. The third-order valence-electron chi connectivity index (χ3n) is 3.99. The van der Waals surface area contributed by atoms with Crippen molar-refractivity contribution < 1.29 is 9.32 Å². The molecule has 4 aromatic rings. The molecule has 0 saturated heterocycles. The van der Waals surface area contributed by atoms with Crippen LogP contribution < -0.4 is 5.32 Å². The van der Waals surface area contributed by atoms with Crippen LogP contribution in [0.3, 0.4) is 0 Å². The van der Waals surface area contributed by atoms with Gasteiger partial charge in [-0.2, -0.15) is 10.1 Å².